The fourth-order valence-electron chi connectivity index (χ4n) is 2.01. The van der Waals surface area contributed by atoms with Crippen LogP contribution in [0.3, 0.4) is 0 Å². The van der Waals surface area contributed by atoms with E-state index in [-0.39, 0.29) is 19.5 Å². The summed E-state index contributed by atoms with van der Waals surface area (Å²) in [7, 11) is 0. The van der Waals surface area contributed by atoms with Gasteiger partial charge >= 0.3 is 12.0 Å². The smallest absolute Gasteiger partial charge is 0.326 e. The van der Waals surface area contributed by atoms with E-state index < -0.39 is 24.1 Å². The summed E-state index contributed by atoms with van der Waals surface area (Å²) in [6.07, 6.45) is 0.762. The van der Waals surface area contributed by atoms with Gasteiger partial charge in [0.1, 0.15) is 11.8 Å². The number of carbonyl (C=O) groups excluding carboxylic acids is 1. The highest BCUT2D eigenvalue weighted by atomic mass is 16.4. The fourth-order valence-corrected chi connectivity index (χ4v) is 2.01. The number of carboxylic acids is 1. The first-order chi connectivity index (χ1) is 8.97. The van der Waals surface area contributed by atoms with Crippen LogP contribution in [-0.2, 0) is 11.3 Å². The topological polar surface area (TPSA) is 116 Å². The zero-order valence-electron chi connectivity index (χ0n) is 10.4. The van der Waals surface area contributed by atoms with Crippen molar-refractivity contribution in [1.29, 1.82) is 0 Å². The van der Waals surface area contributed by atoms with Crippen molar-refractivity contribution in [2.75, 3.05) is 6.54 Å². The highest BCUT2D eigenvalue weighted by molar-refractivity contribution is 5.83. The monoisotopic (exact) mass is 269 g/mol. The van der Waals surface area contributed by atoms with Gasteiger partial charge in [0, 0.05) is 13.0 Å². The quantitative estimate of drug-likeness (QED) is 0.694. The Bertz CT molecular complexity index is 486. The molecule has 2 rings (SSSR count). The molecule has 0 spiro atoms. The third kappa shape index (κ3) is 3.02. The molecule has 19 heavy (non-hydrogen) atoms. The fraction of sp³-hybridized carbons (Fsp3) is 0.545. The number of aliphatic hydroxyl groups excluding tert-OH is 1. The molecule has 1 aromatic heterocycles. The number of oxazole rings is 1. The Morgan fingerprint density at radius 2 is 2.37 bits per heavy atom. The first-order valence-electron chi connectivity index (χ1n) is 5.84. The Kier molecular flexibility index (Phi) is 3.70. The van der Waals surface area contributed by atoms with Crippen molar-refractivity contribution in [2.24, 2.45) is 0 Å². The van der Waals surface area contributed by atoms with Crippen LogP contribution < -0.4 is 5.32 Å². The number of β-amino-alcohol motifs (C(OH)–C–C–N with tert-alkyl or cyclic N) is 1. The van der Waals surface area contributed by atoms with Crippen molar-refractivity contribution >= 4 is 12.0 Å². The van der Waals surface area contributed by atoms with Gasteiger partial charge in [-0.25, -0.2) is 14.6 Å². The number of rotatable bonds is 3. The molecule has 104 valence electrons. The number of amides is 2. The van der Waals surface area contributed by atoms with Crippen LogP contribution in [0, 0.1) is 6.92 Å². The summed E-state index contributed by atoms with van der Waals surface area (Å²) in [4.78, 5) is 27.9. The summed E-state index contributed by atoms with van der Waals surface area (Å²) in [6.45, 7) is 1.81. The second kappa shape index (κ2) is 5.27. The molecular weight excluding hydrogens is 254 g/mol. The molecule has 3 N–H and O–H groups in total. The van der Waals surface area contributed by atoms with E-state index in [0.717, 1.165) is 4.90 Å². The highest BCUT2D eigenvalue weighted by Gasteiger charge is 2.38. The minimum atomic E-state index is -1.13. The lowest BCUT2D eigenvalue weighted by atomic mass is 10.2. The number of hydrogen-bond donors (Lipinski definition) is 3. The van der Waals surface area contributed by atoms with Crippen LogP contribution in [0.4, 0.5) is 4.79 Å². The van der Waals surface area contributed by atoms with Crippen LogP contribution in [0.1, 0.15) is 18.1 Å². The maximum absolute atomic E-state index is 11.9. The molecule has 1 aliphatic heterocycles. The van der Waals surface area contributed by atoms with Gasteiger partial charge in [-0.05, 0) is 6.92 Å². The van der Waals surface area contributed by atoms with Crippen LogP contribution in [-0.4, -0.2) is 50.8 Å². The van der Waals surface area contributed by atoms with Crippen LogP contribution in [0.25, 0.3) is 0 Å². The van der Waals surface area contributed by atoms with E-state index in [1.54, 1.807) is 6.92 Å². The van der Waals surface area contributed by atoms with E-state index in [1.165, 1.54) is 6.20 Å². The van der Waals surface area contributed by atoms with Gasteiger partial charge in [0.2, 0.25) is 5.89 Å². The van der Waals surface area contributed by atoms with Gasteiger partial charge in [-0.2, -0.15) is 0 Å². The number of urea groups is 1. The number of nitrogens with zero attached hydrogens (tertiary/aromatic N) is 2. The molecule has 0 aromatic carbocycles. The Balaban J connectivity index is 1.93. The van der Waals surface area contributed by atoms with Crippen molar-refractivity contribution < 1.29 is 24.2 Å². The summed E-state index contributed by atoms with van der Waals surface area (Å²) in [5.41, 5.74) is 0. The van der Waals surface area contributed by atoms with Gasteiger partial charge < -0.3 is 24.8 Å². The SMILES string of the molecule is Cc1cnc(CNC(=O)N2C[C@H](O)C[C@@H]2C(=O)O)o1. The molecule has 0 aliphatic carbocycles. The van der Waals surface area contributed by atoms with Gasteiger partial charge in [0.05, 0.1) is 18.8 Å². The molecule has 0 unspecified atom stereocenters. The Morgan fingerprint density at radius 3 is 2.95 bits per heavy atom. The lowest BCUT2D eigenvalue weighted by Gasteiger charge is -2.21. The Labute approximate surface area is 109 Å². The van der Waals surface area contributed by atoms with Gasteiger partial charge in [-0.15, -0.1) is 0 Å². The Hall–Kier alpha value is -2.09. The van der Waals surface area contributed by atoms with Gasteiger partial charge in [-0.1, -0.05) is 0 Å². The number of aromatic nitrogens is 1. The van der Waals surface area contributed by atoms with Crippen LogP contribution in [0.5, 0.6) is 0 Å². The summed E-state index contributed by atoms with van der Waals surface area (Å²) in [5, 5.41) is 20.9. The maximum Gasteiger partial charge on any atom is 0.326 e. The number of carbonyl (C=O) groups is 2. The van der Waals surface area contributed by atoms with E-state index in [9.17, 15) is 14.7 Å². The molecule has 8 nitrogen and oxygen atoms in total. The molecule has 0 radical (unpaired) electrons. The maximum atomic E-state index is 11.9. The molecule has 8 heteroatoms. The molecule has 2 amide bonds. The van der Waals surface area contributed by atoms with Gasteiger partial charge in [-0.3, -0.25) is 0 Å². The molecule has 2 atom stereocenters. The predicted molar refractivity (Wildman–Crippen MR) is 62.2 cm³/mol. The van der Waals surface area contributed by atoms with E-state index >= 15 is 0 Å². The first-order valence-corrected chi connectivity index (χ1v) is 5.84. The molecule has 1 fully saturated rings. The molecule has 1 aliphatic rings. The molecule has 0 bridgehead atoms. The largest absolute Gasteiger partial charge is 0.480 e. The number of aryl methyl sites for hydroxylation is 1. The van der Waals surface area contributed by atoms with E-state index in [4.69, 9.17) is 9.52 Å². The van der Waals surface area contributed by atoms with Gasteiger partial charge in [0.15, 0.2) is 0 Å². The number of hydrogen-bond acceptors (Lipinski definition) is 5. The van der Waals surface area contributed by atoms with Crippen molar-refractivity contribution in [3.63, 3.8) is 0 Å². The number of nitrogens with one attached hydrogen (secondary N) is 1. The van der Waals surface area contributed by atoms with E-state index in [2.05, 4.69) is 10.3 Å². The number of likely N-dealkylation sites (tertiary alicyclic amines) is 1. The summed E-state index contributed by atoms with van der Waals surface area (Å²) >= 11 is 0. The molecular formula is C11H15N3O5. The van der Waals surface area contributed by atoms with Crippen LogP contribution >= 0.6 is 0 Å². The van der Waals surface area contributed by atoms with Crippen LogP contribution in [0.2, 0.25) is 0 Å². The molecule has 1 saturated heterocycles. The minimum Gasteiger partial charge on any atom is -0.480 e. The third-order valence-corrected chi connectivity index (χ3v) is 2.88. The molecule has 1 aromatic rings. The van der Waals surface area contributed by atoms with Crippen molar-refractivity contribution in [2.45, 2.75) is 32.0 Å². The standard InChI is InChI=1S/C11H15N3O5/c1-6-3-12-9(19-6)4-13-11(18)14-5-7(15)2-8(14)10(16)17/h3,7-8,15H,2,4-5H2,1H3,(H,13,18)(H,16,17)/t7-,8-/m1/s1. The number of aliphatic carboxylic acids is 1. The minimum absolute atomic E-state index is 0.00735. The normalized spacial score (nSPS) is 22.5. The number of aliphatic hydroxyl groups is 1. The van der Waals surface area contributed by atoms with Gasteiger partial charge in [0.25, 0.3) is 0 Å². The zero-order valence-corrected chi connectivity index (χ0v) is 10.4. The average molecular weight is 269 g/mol. The highest BCUT2D eigenvalue weighted by Crippen LogP contribution is 2.18. The van der Waals surface area contributed by atoms with Crippen molar-refractivity contribution in [1.82, 2.24) is 15.2 Å². The number of carboxylic acid groups (broad SMARTS) is 1. The second-order valence-corrected chi connectivity index (χ2v) is 4.42. The summed E-state index contributed by atoms with van der Waals surface area (Å²) in [5.74, 6) is -0.152. The third-order valence-electron chi connectivity index (χ3n) is 2.88. The van der Waals surface area contributed by atoms with E-state index in [0.29, 0.717) is 11.7 Å². The molecule has 2 heterocycles. The molecule has 0 saturated carbocycles. The lowest BCUT2D eigenvalue weighted by molar-refractivity contribution is -0.141. The predicted octanol–water partition coefficient (Wildman–Crippen LogP) is -0.288. The average Bonchev–Trinajstić information content (AvgIpc) is 2.92. The zero-order chi connectivity index (χ0) is 14.0. The van der Waals surface area contributed by atoms with Crippen molar-refractivity contribution in [3.8, 4) is 0 Å². The van der Waals surface area contributed by atoms with Crippen LogP contribution in [0.15, 0.2) is 10.6 Å². The van der Waals surface area contributed by atoms with Crippen molar-refractivity contribution in [3.05, 3.63) is 17.8 Å². The summed E-state index contributed by atoms with van der Waals surface area (Å²) in [6, 6.07) is -1.55. The first kappa shape index (κ1) is 13.3. The second-order valence-electron chi connectivity index (χ2n) is 4.42. The summed E-state index contributed by atoms with van der Waals surface area (Å²) < 4.78 is 5.18. The Morgan fingerprint density at radius 1 is 1.63 bits per heavy atom. The lowest BCUT2D eigenvalue weighted by Crippen LogP contribution is -2.46. The van der Waals surface area contributed by atoms with E-state index in [1.807, 2.05) is 0 Å².